The minimum absolute atomic E-state index is 0.0963. The second-order valence-corrected chi connectivity index (χ2v) is 10.8. The molecular formula is C25H27BrClN7O. The molecule has 3 aromatic rings. The van der Waals surface area contributed by atoms with Gasteiger partial charge in [-0.1, -0.05) is 18.2 Å². The SMILES string of the molecule is C=CC(=O)N1CC[C@H](n2cnc3c(N4CC(N(C)C)C4)nc4cc(Br)c(Cl)cc4c32)C[C@H]1CC#N. The highest BCUT2D eigenvalue weighted by Gasteiger charge is 2.35. The van der Waals surface area contributed by atoms with Gasteiger partial charge in [0.05, 0.1) is 34.9 Å². The van der Waals surface area contributed by atoms with Crippen LogP contribution >= 0.6 is 27.5 Å². The highest BCUT2D eigenvalue weighted by atomic mass is 79.9. The highest BCUT2D eigenvalue weighted by molar-refractivity contribution is 9.10. The van der Waals surface area contributed by atoms with Crippen LogP contribution in [-0.4, -0.2) is 76.1 Å². The average Bonchev–Trinajstić information content (AvgIpc) is 3.24. The number of nitrogens with zero attached hydrogens (tertiary/aromatic N) is 7. The molecule has 182 valence electrons. The molecule has 2 aliphatic rings. The first kappa shape index (κ1) is 24.0. The van der Waals surface area contributed by atoms with E-state index in [1.807, 2.05) is 18.5 Å². The molecule has 10 heteroatoms. The molecule has 4 heterocycles. The number of hydrogen-bond donors (Lipinski definition) is 0. The molecule has 0 N–H and O–H groups in total. The maximum absolute atomic E-state index is 12.4. The van der Waals surface area contributed by atoms with Crippen molar-refractivity contribution in [1.82, 2.24) is 24.3 Å². The van der Waals surface area contributed by atoms with E-state index >= 15 is 0 Å². The molecule has 2 aliphatic heterocycles. The molecule has 5 rings (SSSR count). The largest absolute Gasteiger partial charge is 0.351 e. The minimum atomic E-state index is -0.164. The summed E-state index contributed by atoms with van der Waals surface area (Å²) < 4.78 is 3.01. The summed E-state index contributed by atoms with van der Waals surface area (Å²) in [6.07, 6.45) is 4.94. The second kappa shape index (κ2) is 9.41. The van der Waals surface area contributed by atoms with E-state index in [4.69, 9.17) is 21.6 Å². The Hall–Kier alpha value is -2.67. The number of likely N-dealkylation sites (tertiary alicyclic amines) is 1. The quantitative estimate of drug-likeness (QED) is 0.434. The number of halogens is 2. The third-order valence-corrected chi connectivity index (χ3v) is 8.48. The normalized spacial score (nSPS) is 20.9. The number of nitriles is 1. The molecule has 35 heavy (non-hydrogen) atoms. The zero-order chi connectivity index (χ0) is 24.9. The topological polar surface area (TPSA) is 81.3 Å². The molecule has 0 saturated carbocycles. The fraction of sp³-hybridized carbons (Fsp3) is 0.440. The van der Waals surface area contributed by atoms with Gasteiger partial charge in [-0.2, -0.15) is 5.26 Å². The molecule has 0 unspecified atom stereocenters. The lowest BCUT2D eigenvalue weighted by Gasteiger charge is -2.43. The molecule has 1 aromatic carbocycles. The molecular weight excluding hydrogens is 530 g/mol. The number of pyridine rings is 1. The number of fused-ring (bicyclic) bond motifs is 3. The maximum atomic E-state index is 12.4. The van der Waals surface area contributed by atoms with Crippen LogP contribution in [0.2, 0.25) is 5.02 Å². The number of amides is 1. The number of piperidine rings is 1. The van der Waals surface area contributed by atoms with Crippen LogP contribution in [0.5, 0.6) is 0 Å². The van der Waals surface area contributed by atoms with Gasteiger partial charge in [-0.25, -0.2) is 9.97 Å². The number of carbonyl (C=O) groups excluding carboxylic acids is 1. The first-order valence-electron chi connectivity index (χ1n) is 11.7. The number of imidazole rings is 1. The Kier molecular flexibility index (Phi) is 6.47. The zero-order valence-corrected chi connectivity index (χ0v) is 22.1. The summed E-state index contributed by atoms with van der Waals surface area (Å²) in [6.45, 7) is 5.99. The Labute approximate surface area is 217 Å². The van der Waals surface area contributed by atoms with E-state index < -0.39 is 0 Å². The minimum Gasteiger partial charge on any atom is -0.351 e. The average molecular weight is 557 g/mol. The molecule has 2 aromatic heterocycles. The maximum Gasteiger partial charge on any atom is 0.246 e. The summed E-state index contributed by atoms with van der Waals surface area (Å²) in [5.41, 5.74) is 2.71. The van der Waals surface area contributed by atoms with Gasteiger partial charge in [-0.05, 0) is 61.1 Å². The lowest BCUT2D eigenvalue weighted by molar-refractivity contribution is -0.130. The smallest absolute Gasteiger partial charge is 0.246 e. The third kappa shape index (κ3) is 4.18. The van der Waals surface area contributed by atoms with Gasteiger partial charge in [0.1, 0.15) is 5.52 Å². The van der Waals surface area contributed by atoms with Gasteiger partial charge in [-0.15, -0.1) is 0 Å². The first-order chi connectivity index (χ1) is 16.8. The van der Waals surface area contributed by atoms with Crippen molar-refractivity contribution in [2.24, 2.45) is 0 Å². The Morgan fingerprint density at radius 3 is 2.86 bits per heavy atom. The predicted molar refractivity (Wildman–Crippen MR) is 142 cm³/mol. The molecule has 0 spiro atoms. The van der Waals surface area contributed by atoms with Crippen LogP contribution in [-0.2, 0) is 4.79 Å². The van der Waals surface area contributed by atoms with Crippen LogP contribution in [0.1, 0.15) is 25.3 Å². The van der Waals surface area contributed by atoms with Crippen molar-refractivity contribution >= 4 is 61.2 Å². The van der Waals surface area contributed by atoms with E-state index in [1.54, 1.807) is 4.90 Å². The van der Waals surface area contributed by atoms with Gasteiger partial charge in [0.15, 0.2) is 5.82 Å². The van der Waals surface area contributed by atoms with Crippen LogP contribution in [0.3, 0.4) is 0 Å². The lowest BCUT2D eigenvalue weighted by Crippen LogP contribution is -2.57. The van der Waals surface area contributed by atoms with Gasteiger partial charge in [0.2, 0.25) is 5.91 Å². The molecule has 2 fully saturated rings. The second-order valence-electron chi connectivity index (χ2n) is 9.52. The Balaban J connectivity index is 1.60. The van der Waals surface area contributed by atoms with Gasteiger partial charge >= 0.3 is 0 Å². The fourth-order valence-electron chi connectivity index (χ4n) is 5.22. The summed E-state index contributed by atoms with van der Waals surface area (Å²) in [5, 5.41) is 11.0. The van der Waals surface area contributed by atoms with Gasteiger partial charge < -0.3 is 19.3 Å². The van der Waals surface area contributed by atoms with Gasteiger partial charge in [-0.3, -0.25) is 4.79 Å². The number of aromatic nitrogens is 3. The van der Waals surface area contributed by atoms with Crippen LogP contribution in [0, 0.1) is 11.3 Å². The van der Waals surface area contributed by atoms with Crippen molar-refractivity contribution in [1.29, 1.82) is 5.26 Å². The lowest BCUT2D eigenvalue weighted by atomic mass is 9.94. The first-order valence-corrected chi connectivity index (χ1v) is 12.9. The van der Waals surface area contributed by atoms with Gasteiger partial charge in [0, 0.05) is 47.6 Å². The third-order valence-electron chi connectivity index (χ3n) is 7.28. The van der Waals surface area contributed by atoms with Crippen LogP contribution < -0.4 is 4.90 Å². The van der Waals surface area contributed by atoms with E-state index in [0.717, 1.165) is 51.7 Å². The summed E-state index contributed by atoms with van der Waals surface area (Å²) in [5.74, 6) is 0.757. The predicted octanol–water partition coefficient (Wildman–Crippen LogP) is 4.38. The van der Waals surface area contributed by atoms with Crippen molar-refractivity contribution in [3.63, 3.8) is 0 Å². The molecule has 2 saturated heterocycles. The molecule has 2 atom stereocenters. The Morgan fingerprint density at radius 2 is 2.17 bits per heavy atom. The van der Waals surface area contributed by atoms with Crippen LogP contribution in [0.15, 0.2) is 35.6 Å². The Bertz CT molecular complexity index is 1360. The highest BCUT2D eigenvalue weighted by Crippen LogP contribution is 2.39. The summed E-state index contributed by atoms with van der Waals surface area (Å²) >= 11 is 10.1. The molecule has 1 amide bonds. The van der Waals surface area contributed by atoms with E-state index in [-0.39, 0.29) is 24.4 Å². The Morgan fingerprint density at radius 1 is 1.40 bits per heavy atom. The zero-order valence-electron chi connectivity index (χ0n) is 19.8. The van der Waals surface area contributed by atoms with Gasteiger partial charge in [0.25, 0.3) is 0 Å². The molecule has 0 radical (unpaired) electrons. The van der Waals surface area contributed by atoms with E-state index in [1.165, 1.54) is 6.08 Å². The standard InChI is InChI=1S/C25H27BrClN7O/c1-4-22(35)33-8-6-16(9-15(33)5-7-28)34-14-29-23-24(34)18-10-20(27)19(26)11-21(18)30-25(23)32-12-17(13-32)31(2)3/h4,10-11,14-17H,1,5-6,8-9,12-13H2,2-3H3/t15-,16+/m1/s1. The number of rotatable bonds is 5. The number of benzene rings is 1. The fourth-order valence-corrected chi connectivity index (χ4v) is 5.71. The summed E-state index contributed by atoms with van der Waals surface area (Å²) in [7, 11) is 4.20. The van der Waals surface area contributed by atoms with E-state index in [0.29, 0.717) is 24.0 Å². The number of likely N-dealkylation sites (N-methyl/N-ethyl adjacent to an activating group) is 1. The van der Waals surface area contributed by atoms with Crippen molar-refractivity contribution in [3.8, 4) is 6.07 Å². The number of hydrogen-bond acceptors (Lipinski definition) is 6. The van der Waals surface area contributed by atoms with E-state index in [9.17, 15) is 10.1 Å². The van der Waals surface area contributed by atoms with Crippen LogP contribution in [0.4, 0.5) is 5.82 Å². The van der Waals surface area contributed by atoms with Crippen molar-refractivity contribution < 1.29 is 4.79 Å². The molecule has 8 nitrogen and oxygen atoms in total. The van der Waals surface area contributed by atoms with Crippen molar-refractivity contribution in [2.75, 3.05) is 38.6 Å². The number of anilines is 1. The monoisotopic (exact) mass is 555 g/mol. The molecule has 0 bridgehead atoms. The van der Waals surface area contributed by atoms with Crippen molar-refractivity contribution in [3.05, 3.63) is 40.6 Å². The summed E-state index contributed by atoms with van der Waals surface area (Å²) in [4.78, 5) is 28.5. The summed E-state index contributed by atoms with van der Waals surface area (Å²) in [6, 6.07) is 6.58. The van der Waals surface area contributed by atoms with Crippen molar-refractivity contribution in [2.45, 2.75) is 37.4 Å². The van der Waals surface area contributed by atoms with E-state index in [2.05, 4.69) is 57.0 Å². The van der Waals surface area contributed by atoms with Crippen LogP contribution in [0.25, 0.3) is 21.9 Å². The molecule has 0 aliphatic carbocycles. The number of carbonyl (C=O) groups is 1.